The van der Waals surface area contributed by atoms with E-state index >= 15 is 0 Å². The Morgan fingerprint density at radius 3 is 2.55 bits per heavy atom. The van der Waals surface area contributed by atoms with Crippen LogP contribution in [0.5, 0.6) is 0 Å². The first-order chi connectivity index (χ1) is 9.43. The highest BCUT2D eigenvalue weighted by atomic mass is 16.5. The Morgan fingerprint density at radius 1 is 1.20 bits per heavy atom. The molecule has 1 N–H and O–H groups in total. The van der Waals surface area contributed by atoms with Crippen molar-refractivity contribution in [3.63, 3.8) is 0 Å². The topological polar surface area (TPSA) is 30.5 Å². The highest BCUT2D eigenvalue weighted by Crippen LogP contribution is 2.13. The number of rotatable bonds is 9. The van der Waals surface area contributed by atoms with E-state index in [2.05, 4.69) is 57.3 Å². The lowest BCUT2D eigenvalue weighted by Crippen LogP contribution is -2.24. The number of hydrogen-bond acceptors (Lipinski definition) is 3. The third-order valence-corrected chi connectivity index (χ3v) is 3.38. The molecular weight excluding hydrogens is 250 g/mol. The maximum Gasteiger partial charge on any atom is 0.0716 e. The van der Waals surface area contributed by atoms with Crippen LogP contribution in [0.25, 0.3) is 0 Å². The molecule has 0 fully saturated rings. The van der Waals surface area contributed by atoms with Crippen molar-refractivity contribution < 1.29 is 9.47 Å². The summed E-state index contributed by atoms with van der Waals surface area (Å²) in [7, 11) is 1.74. The molecule has 0 aliphatic rings. The van der Waals surface area contributed by atoms with Crippen LogP contribution in [-0.4, -0.2) is 25.4 Å². The predicted octanol–water partition coefficient (Wildman–Crippen LogP) is 3.52. The number of hydrogen-bond donors (Lipinski definition) is 1. The molecule has 0 aliphatic heterocycles. The van der Waals surface area contributed by atoms with Crippen molar-refractivity contribution in [3.05, 3.63) is 35.4 Å². The summed E-state index contributed by atoms with van der Waals surface area (Å²) >= 11 is 0. The van der Waals surface area contributed by atoms with Crippen LogP contribution < -0.4 is 5.32 Å². The Morgan fingerprint density at radius 2 is 1.90 bits per heavy atom. The van der Waals surface area contributed by atoms with E-state index in [1.165, 1.54) is 11.1 Å². The molecule has 0 saturated carbocycles. The minimum absolute atomic E-state index is 0.108. The molecule has 0 bridgehead atoms. The van der Waals surface area contributed by atoms with E-state index in [-0.39, 0.29) is 5.60 Å². The van der Waals surface area contributed by atoms with Crippen molar-refractivity contribution in [3.8, 4) is 0 Å². The monoisotopic (exact) mass is 279 g/mol. The predicted molar refractivity (Wildman–Crippen MR) is 83.8 cm³/mol. The van der Waals surface area contributed by atoms with Gasteiger partial charge in [0.1, 0.15) is 0 Å². The van der Waals surface area contributed by atoms with Gasteiger partial charge in [-0.1, -0.05) is 38.1 Å². The van der Waals surface area contributed by atoms with Crippen molar-refractivity contribution in [2.45, 2.75) is 58.9 Å². The molecule has 114 valence electrons. The van der Waals surface area contributed by atoms with Gasteiger partial charge in [-0.05, 0) is 31.4 Å². The second-order valence-electron chi connectivity index (χ2n) is 6.12. The Labute approximate surface area is 123 Å². The van der Waals surface area contributed by atoms with Crippen LogP contribution in [-0.2, 0) is 22.6 Å². The molecule has 0 spiro atoms. The summed E-state index contributed by atoms with van der Waals surface area (Å²) in [5.41, 5.74) is 2.42. The van der Waals surface area contributed by atoms with Crippen LogP contribution in [0.4, 0.5) is 0 Å². The van der Waals surface area contributed by atoms with E-state index in [0.717, 1.165) is 19.6 Å². The Balaban J connectivity index is 2.35. The first-order valence-corrected chi connectivity index (χ1v) is 7.37. The summed E-state index contributed by atoms with van der Waals surface area (Å²) < 4.78 is 11.1. The summed E-state index contributed by atoms with van der Waals surface area (Å²) in [5, 5.41) is 3.43. The van der Waals surface area contributed by atoms with Crippen LogP contribution in [0.2, 0.25) is 0 Å². The van der Waals surface area contributed by atoms with Crippen molar-refractivity contribution in [1.29, 1.82) is 0 Å². The normalized spacial score (nSPS) is 12.1. The van der Waals surface area contributed by atoms with Gasteiger partial charge >= 0.3 is 0 Å². The number of methoxy groups -OCH3 is 1. The van der Waals surface area contributed by atoms with Crippen molar-refractivity contribution in [1.82, 2.24) is 5.32 Å². The zero-order valence-electron chi connectivity index (χ0n) is 13.5. The molecule has 0 atom stereocenters. The van der Waals surface area contributed by atoms with Crippen LogP contribution in [0.3, 0.4) is 0 Å². The maximum absolute atomic E-state index is 5.74. The molecule has 0 heterocycles. The van der Waals surface area contributed by atoms with E-state index in [1.54, 1.807) is 7.11 Å². The lowest BCUT2D eigenvalue weighted by atomic mass is 10.1. The fourth-order valence-electron chi connectivity index (χ4n) is 1.76. The largest absolute Gasteiger partial charge is 0.379 e. The Kier molecular flexibility index (Phi) is 7.20. The van der Waals surface area contributed by atoms with Crippen LogP contribution >= 0.6 is 0 Å². The van der Waals surface area contributed by atoms with E-state index in [1.807, 2.05) is 0 Å². The molecule has 0 saturated heterocycles. The molecule has 0 aromatic heterocycles. The van der Waals surface area contributed by atoms with Gasteiger partial charge in [-0.3, -0.25) is 0 Å². The Hall–Kier alpha value is -0.900. The summed E-state index contributed by atoms with van der Waals surface area (Å²) in [6.45, 7) is 10.8. The highest BCUT2D eigenvalue weighted by Gasteiger charge is 2.15. The first kappa shape index (κ1) is 17.2. The van der Waals surface area contributed by atoms with E-state index < -0.39 is 0 Å². The summed E-state index contributed by atoms with van der Waals surface area (Å²) in [5.74, 6) is 0. The molecule has 0 aliphatic carbocycles. The van der Waals surface area contributed by atoms with Gasteiger partial charge in [0.2, 0.25) is 0 Å². The van der Waals surface area contributed by atoms with Crippen molar-refractivity contribution in [2.24, 2.45) is 0 Å². The van der Waals surface area contributed by atoms with Gasteiger partial charge in [0.15, 0.2) is 0 Å². The number of ether oxygens (including phenoxy) is 2. The molecular formula is C17H29NO2. The fourth-order valence-corrected chi connectivity index (χ4v) is 1.76. The quantitative estimate of drug-likeness (QED) is 0.702. The summed E-state index contributed by atoms with van der Waals surface area (Å²) in [6, 6.07) is 9.06. The molecule has 20 heavy (non-hydrogen) atoms. The average molecular weight is 279 g/mol. The molecule has 1 aromatic carbocycles. The lowest BCUT2D eigenvalue weighted by molar-refractivity contribution is -0.0124. The van der Waals surface area contributed by atoms with Gasteiger partial charge in [0.05, 0.1) is 12.2 Å². The van der Waals surface area contributed by atoms with Gasteiger partial charge in [-0.25, -0.2) is 0 Å². The zero-order chi connectivity index (χ0) is 15.0. The second kappa shape index (κ2) is 8.40. The van der Waals surface area contributed by atoms with Gasteiger partial charge in [0, 0.05) is 26.3 Å². The second-order valence-corrected chi connectivity index (χ2v) is 6.12. The number of benzene rings is 1. The molecule has 0 radical (unpaired) electrons. The minimum Gasteiger partial charge on any atom is -0.379 e. The maximum atomic E-state index is 5.74. The molecule has 1 aromatic rings. The van der Waals surface area contributed by atoms with Crippen LogP contribution in [0, 0.1) is 0 Å². The Bertz CT molecular complexity index is 388. The molecule has 3 heteroatoms. The first-order valence-electron chi connectivity index (χ1n) is 7.37. The van der Waals surface area contributed by atoms with Crippen LogP contribution in [0.15, 0.2) is 24.3 Å². The summed E-state index contributed by atoms with van der Waals surface area (Å²) in [6.07, 6.45) is 0.901. The molecule has 1 rings (SSSR count). The lowest BCUT2D eigenvalue weighted by Gasteiger charge is -2.22. The van der Waals surface area contributed by atoms with Gasteiger partial charge < -0.3 is 14.8 Å². The molecule has 0 amide bonds. The minimum atomic E-state index is -0.108. The van der Waals surface area contributed by atoms with Gasteiger partial charge in [-0.15, -0.1) is 0 Å². The smallest absolute Gasteiger partial charge is 0.0716 e. The molecule has 3 nitrogen and oxygen atoms in total. The van der Waals surface area contributed by atoms with E-state index in [4.69, 9.17) is 9.47 Å². The van der Waals surface area contributed by atoms with Crippen LogP contribution in [0.1, 0.15) is 45.2 Å². The van der Waals surface area contributed by atoms with Crippen molar-refractivity contribution >= 4 is 0 Å². The van der Waals surface area contributed by atoms with E-state index in [9.17, 15) is 0 Å². The zero-order valence-corrected chi connectivity index (χ0v) is 13.5. The third kappa shape index (κ3) is 7.04. The molecule has 0 unspecified atom stereocenters. The van der Waals surface area contributed by atoms with Gasteiger partial charge in [0.25, 0.3) is 0 Å². The average Bonchev–Trinajstić information content (AvgIpc) is 2.42. The highest BCUT2D eigenvalue weighted by molar-refractivity contribution is 5.22. The number of nitrogens with one attached hydrogen (secondary N) is 1. The van der Waals surface area contributed by atoms with Crippen molar-refractivity contribution in [2.75, 3.05) is 13.7 Å². The SMILES string of the molecule is COC(C)(C)CCOCc1cccc(CNC(C)C)c1. The third-order valence-electron chi connectivity index (χ3n) is 3.38. The standard InChI is InChI=1S/C17H29NO2/c1-14(2)18-12-15-7-6-8-16(11-15)13-20-10-9-17(3,4)19-5/h6-8,11,14,18H,9-10,12-13H2,1-5H3. The van der Waals surface area contributed by atoms with Gasteiger partial charge in [-0.2, -0.15) is 0 Å². The van der Waals surface area contributed by atoms with E-state index in [0.29, 0.717) is 12.6 Å². The summed E-state index contributed by atoms with van der Waals surface area (Å²) in [4.78, 5) is 0. The fraction of sp³-hybridized carbons (Fsp3) is 0.647.